The van der Waals surface area contributed by atoms with Crippen LogP contribution in [0.2, 0.25) is 0 Å². The Labute approximate surface area is 145 Å². The molecule has 26 heavy (non-hydrogen) atoms. The van der Waals surface area contributed by atoms with Gasteiger partial charge in [-0.05, 0) is 42.0 Å². The number of urea groups is 1. The Morgan fingerprint density at radius 3 is 2.23 bits per heavy atom. The van der Waals surface area contributed by atoms with Crippen molar-refractivity contribution in [3.05, 3.63) is 65.5 Å². The molecule has 4 N–H and O–H groups in total. The number of alkyl halides is 3. The van der Waals surface area contributed by atoms with E-state index in [-0.39, 0.29) is 0 Å². The molecule has 0 spiro atoms. The van der Waals surface area contributed by atoms with E-state index in [9.17, 15) is 27.2 Å². The highest BCUT2D eigenvalue weighted by Crippen LogP contribution is 2.31. The second kappa shape index (κ2) is 7.68. The maximum absolute atomic E-state index is 13.6. The summed E-state index contributed by atoms with van der Waals surface area (Å²) in [7, 11) is 0. The molecule has 9 heteroatoms. The Morgan fingerprint density at radius 2 is 1.65 bits per heavy atom. The molecule has 136 valence electrons. The molecule has 0 heterocycles. The maximum Gasteiger partial charge on any atom is 0.416 e. The van der Waals surface area contributed by atoms with Crippen LogP contribution < -0.4 is 16.4 Å². The number of primary amides is 1. The van der Waals surface area contributed by atoms with Crippen molar-refractivity contribution in [2.45, 2.75) is 6.18 Å². The van der Waals surface area contributed by atoms with Crippen molar-refractivity contribution < 1.29 is 27.2 Å². The van der Waals surface area contributed by atoms with Gasteiger partial charge in [0.2, 0.25) is 5.91 Å². The summed E-state index contributed by atoms with van der Waals surface area (Å²) in [6, 6.07) is 6.91. The summed E-state index contributed by atoms with van der Waals surface area (Å²) in [6.07, 6.45) is -2.04. The smallest absolute Gasteiger partial charge is 0.366 e. The third-order valence-corrected chi connectivity index (χ3v) is 3.15. The lowest BCUT2D eigenvalue weighted by molar-refractivity contribution is -0.137. The fraction of sp³-hybridized carbons (Fsp3) is 0.0588. The largest absolute Gasteiger partial charge is 0.416 e. The van der Waals surface area contributed by atoms with Crippen molar-refractivity contribution in [3.63, 3.8) is 0 Å². The Morgan fingerprint density at radius 1 is 1.00 bits per heavy atom. The van der Waals surface area contributed by atoms with E-state index in [0.717, 1.165) is 6.08 Å². The van der Waals surface area contributed by atoms with Crippen molar-refractivity contribution in [2.24, 2.45) is 5.73 Å². The predicted octanol–water partition coefficient (Wildman–Crippen LogP) is 3.99. The van der Waals surface area contributed by atoms with E-state index < -0.39 is 35.2 Å². The predicted molar refractivity (Wildman–Crippen MR) is 88.7 cm³/mol. The van der Waals surface area contributed by atoms with Crippen molar-refractivity contribution in [2.75, 3.05) is 10.6 Å². The first kappa shape index (κ1) is 19.0. The molecular weight excluding hydrogens is 354 g/mol. The minimum Gasteiger partial charge on any atom is -0.366 e. The molecule has 0 aromatic heterocycles. The number of anilines is 2. The first-order chi connectivity index (χ1) is 12.1. The standard InChI is InChI=1S/C17H13F4N3O2/c18-13-7-4-11(17(19,20)21)9-14(13)24-16(26)23-12-5-1-10(2-6-12)3-8-15(22)25/h1-9H,(H2,22,25)(H2,23,24,26). The summed E-state index contributed by atoms with van der Waals surface area (Å²) in [5.74, 6) is -1.62. The topological polar surface area (TPSA) is 84.2 Å². The van der Waals surface area contributed by atoms with Gasteiger partial charge in [-0.2, -0.15) is 13.2 Å². The van der Waals surface area contributed by atoms with Gasteiger partial charge in [0.25, 0.3) is 0 Å². The highest BCUT2D eigenvalue weighted by atomic mass is 19.4. The molecule has 0 saturated heterocycles. The van der Waals surface area contributed by atoms with E-state index in [0.29, 0.717) is 29.4 Å². The van der Waals surface area contributed by atoms with Gasteiger partial charge < -0.3 is 16.4 Å². The van der Waals surface area contributed by atoms with E-state index >= 15 is 0 Å². The zero-order chi connectivity index (χ0) is 19.3. The van der Waals surface area contributed by atoms with E-state index in [2.05, 4.69) is 5.32 Å². The van der Waals surface area contributed by atoms with Crippen LogP contribution in [0, 0.1) is 5.82 Å². The van der Waals surface area contributed by atoms with Gasteiger partial charge in [0, 0.05) is 11.8 Å². The highest BCUT2D eigenvalue weighted by molar-refractivity contribution is 6.00. The second-order valence-corrected chi connectivity index (χ2v) is 5.13. The number of rotatable bonds is 4. The van der Waals surface area contributed by atoms with Gasteiger partial charge in [0.05, 0.1) is 11.3 Å². The molecule has 0 aliphatic heterocycles. The quantitative estimate of drug-likeness (QED) is 0.564. The van der Waals surface area contributed by atoms with Crippen LogP contribution in [0.4, 0.5) is 33.7 Å². The molecule has 0 unspecified atom stereocenters. The van der Waals surface area contributed by atoms with Gasteiger partial charge in [0.1, 0.15) is 5.82 Å². The number of carbonyl (C=O) groups excluding carboxylic acids is 2. The third kappa shape index (κ3) is 5.33. The summed E-state index contributed by atoms with van der Waals surface area (Å²) in [5, 5.41) is 4.38. The molecule has 3 amide bonds. The van der Waals surface area contributed by atoms with Gasteiger partial charge in [-0.1, -0.05) is 12.1 Å². The molecule has 2 aromatic carbocycles. The van der Waals surface area contributed by atoms with Crippen LogP contribution in [0.5, 0.6) is 0 Å². The maximum atomic E-state index is 13.6. The number of nitrogens with one attached hydrogen (secondary N) is 2. The summed E-state index contributed by atoms with van der Waals surface area (Å²) in [6.45, 7) is 0. The minimum absolute atomic E-state index is 0.311. The number of benzene rings is 2. The van der Waals surface area contributed by atoms with Gasteiger partial charge in [-0.25, -0.2) is 9.18 Å². The highest BCUT2D eigenvalue weighted by Gasteiger charge is 2.31. The third-order valence-electron chi connectivity index (χ3n) is 3.15. The summed E-state index contributed by atoms with van der Waals surface area (Å²) >= 11 is 0. The van der Waals surface area contributed by atoms with Crippen LogP contribution in [0.15, 0.2) is 48.5 Å². The fourth-order valence-electron chi connectivity index (χ4n) is 1.94. The molecule has 0 aliphatic carbocycles. The van der Waals surface area contributed by atoms with E-state index in [1.807, 2.05) is 5.32 Å². The zero-order valence-corrected chi connectivity index (χ0v) is 13.1. The molecule has 0 saturated carbocycles. The summed E-state index contributed by atoms with van der Waals surface area (Å²) in [4.78, 5) is 22.5. The average Bonchev–Trinajstić information content (AvgIpc) is 2.55. The average molecular weight is 367 g/mol. The zero-order valence-electron chi connectivity index (χ0n) is 13.1. The molecule has 5 nitrogen and oxygen atoms in total. The lowest BCUT2D eigenvalue weighted by atomic mass is 10.2. The Balaban J connectivity index is 2.06. The SMILES string of the molecule is NC(=O)C=Cc1ccc(NC(=O)Nc2cc(C(F)(F)F)ccc2F)cc1. The van der Waals surface area contributed by atoms with Crippen LogP contribution in [0.1, 0.15) is 11.1 Å². The van der Waals surface area contributed by atoms with Crippen LogP contribution in [0.25, 0.3) is 6.08 Å². The first-order valence-corrected chi connectivity index (χ1v) is 7.17. The Kier molecular flexibility index (Phi) is 5.61. The minimum atomic E-state index is -4.66. The molecule has 0 radical (unpaired) electrons. The first-order valence-electron chi connectivity index (χ1n) is 7.17. The normalized spacial score (nSPS) is 11.4. The van der Waals surface area contributed by atoms with Crippen LogP contribution in [-0.2, 0) is 11.0 Å². The van der Waals surface area contributed by atoms with Gasteiger partial charge >= 0.3 is 12.2 Å². The number of carbonyl (C=O) groups is 2. The van der Waals surface area contributed by atoms with Crippen molar-refractivity contribution in [1.82, 2.24) is 0 Å². The molecule has 2 rings (SSSR count). The number of amides is 3. The molecule has 0 bridgehead atoms. The lowest BCUT2D eigenvalue weighted by Gasteiger charge is -2.12. The molecular formula is C17H13F4N3O2. The van der Waals surface area contributed by atoms with Crippen LogP contribution in [0.3, 0.4) is 0 Å². The number of halogens is 4. The van der Waals surface area contributed by atoms with Crippen molar-refractivity contribution in [3.8, 4) is 0 Å². The number of hydrogen-bond acceptors (Lipinski definition) is 2. The van der Waals surface area contributed by atoms with Gasteiger partial charge in [-0.15, -0.1) is 0 Å². The van der Waals surface area contributed by atoms with E-state index in [1.54, 1.807) is 12.1 Å². The molecule has 0 fully saturated rings. The monoisotopic (exact) mass is 367 g/mol. The number of hydrogen-bond donors (Lipinski definition) is 3. The summed E-state index contributed by atoms with van der Waals surface area (Å²) < 4.78 is 51.6. The van der Waals surface area contributed by atoms with E-state index in [4.69, 9.17) is 5.73 Å². The van der Waals surface area contributed by atoms with E-state index in [1.165, 1.54) is 18.2 Å². The second-order valence-electron chi connectivity index (χ2n) is 5.13. The molecule has 0 atom stereocenters. The van der Waals surface area contributed by atoms with Gasteiger partial charge in [0.15, 0.2) is 0 Å². The lowest BCUT2D eigenvalue weighted by Crippen LogP contribution is -2.20. The van der Waals surface area contributed by atoms with Crippen LogP contribution >= 0.6 is 0 Å². The fourth-order valence-corrected chi connectivity index (χ4v) is 1.94. The molecule has 0 aliphatic rings. The number of nitrogens with two attached hydrogens (primary N) is 1. The summed E-state index contributed by atoms with van der Waals surface area (Å²) in [5.41, 5.74) is 4.23. The van der Waals surface area contributed by atoms with Crippen molar-refractivity contribution >= 4 is 29.4 Å². The molecule has 2 aromatic rings. The van der Waals surface area contributed by atoms with Crippen LogP contribution in [-0.4, -0.2) is 11.9 Å². The Hall–Kier alpha value is -3.36. The Bertz CT molecular complexity index is 846. The van der Waals surface area contributed by atoms with Gasteiger partial charge in [-0.3, -0.25) is 4.79 Å². The van der Waals surface area contributed by atoms with Crippen molar-refractivity contribution in [1.29, 1.82) is 0 Å².